The van der Waals surface area contributed by atoms with Gasteiger partial charge < -0.3 is 10.2 Å². The highest BCUT2D eigenvalue weighted by molar-refractivity contribution is 7.10. The van der Waals surface area contributed by atoms with Crippen molar-refractivity contribution in [2.75, 3.05) is 32.7 Å². The van der Waals surface area contributed by atoms with Gasteiger partial charge in [-0.3, -0.25) is 14.5 Å². The van der Waals surface area contributed by atoms with E-state index in [0.717, 1.165) is 51.9 Å². The third-order valence-corrected chi connectivity index (χ3v) is 6.12. The number of hydrogen-bond acceptors (Lipinski definition) is 4. The van der Waals surface area contributed by atoms with Crippen LogP contribution in [0.5, 0.6) is 0 Å². The zero-order chi connectivity index (χ0) is 16.9. The number of carbonyl (C=O) groups is 2. The highest BCUT2D eigenvalue weighted by Gasteiger charge is 2.31. The molecule has 2 fully saturated rings. The minimum absolute atomic E-state index is 0.0428. The minimum Gasteiger partial charge on any atom is -0.356 e. The number of rotatable bonds is 5. The molecule has 132 valence electrons. The second-order valence-electron chi connectivity index (χ2n) is 6.92. The molecule has 1 N–H and O–H groups in total. The van der Waals surface area contributed by atoms with Gasteiger partial charge in [-0.2, -0.15) is 0 Å². The van der Waals surface area contributed by atoms with Crippen LogP contribution in [0, 0.1) is 5.92 Å². The molecule has 6 heteroatoms. The fourth-order valence-electron chi connectivity index (χ4n) is 3.76. The van der Waals surface area contributed by atoms with Crippen molar-refractivity contribution in [2.45, 2.75) is 38.6 Å². The van der Waals surface area contributed by atoms with Crippen LogP contribution in [0.15, 0.2) is 17.5 Å². The largest absolute Gasteiger partial charge is 0.356 e. The van der Waals surface area contributed by atoms with Gasteiger partial charge in [0.15, 0.2) is 0 Å². The Morgan fingerprint density at radius 1 is 1.25 bits per heavy atom. The molecule has 2 saturated heterocycles. The highest BCUT2D eigenvalue weighted by atomic mass is 32.1. The Morgan fingerprint density at radius 3 is 2.71 bits per heavy atom. The standard InChI is InChI=1S/C18H27N3O2S/c1-14(22)19-12-15-6-9-20(10-7-15)13-18(23)21-8-2-4-16(21)17-5-3-11-24-17/h3,5,11,15-16H,2,4,6-10,12-13H2,1H3,(H,19,22). The van der Waals surface area contributed by atoms with Crippen molar-refractivity contribution in [3.05, 3.63) is 22.4 Å². The molecule has 0 saturated carbocycles. The predicted octanol–water partition coefficient (Wildman–Crippen LogP) is 2.26. The van der Waals surface area contributed by atoms with Gasteiger partial charge >= 0.3 is 0 Å². The molecule has 3 heterocycles. The molecule has 2 aliphatic heterocycles. The maximum absolute atomic E-state index is 12.7. The lowest BCUT2D eigenvalue weighted by atomic mass is 9.97. The molecule has 24 heavy (non-hydrogen) atoms. The molecule has 0 bridgehead atoms. The van der Waals surface area contributed by atoms with Gasteiger partial charge in [-0.1, -0.05) is 6.07 Å². The summed E-state index contributed by atoms with van der Waals surface area (Å²) in [6.07, 6.45) is 4.31. The highest BCUT2D eigenvalue weighted by Crippen LogP contribution is 2.34. The lowest BCUT2D eigenvalue weighted by Crippen LogP contribution is -2.44. The SMILES string of the molecule is CC(=O)NCC1CCN(CC(=O)N2CCCC2c2cccs2)CC1. The van der Waals surface area contributed by atoms with Crippen LogP contribution in [-0.2, 0) is 9.59 Å². The Labute approximate surface area is 148 Å². The normalized spacial score (nSPS) is 22.7. The first-order valence-corrected chi connectivity index (χ1v) is 9.81. The molecule has 5 nitrogen and oxygen atoms in total. The summed E-state index contributed by atoms with van der Waals surface area (Å²) in [5, 5.41) is 5.00. The number of amides is 2. The van der Waals surface area contributed by atoms with Crippen molar-refractivity contribution in [2.24, 2.45) is 5.92 Å². The number of nitrogens with zero attached hydrogens (tertiary/aromatic N) is 2. The topological polar surface area (TPSA) is 52.7 Å². The summed E-state index contributed by atoms with van der Waals surface area (Å²) in [7, 11) is 0. The van der Waals surface area contributed by atoms with Gasteiger partial charge in [0.1, 0.15) is 0 Å². The fraction of sp³-hybridized carbons (Fsp3) is 0.667. The van der Waals surface area contributed by atoms with Gasteiger partial charge in [0.05, 0.1) is 12.6 Å². The van der Waals surface area contributed by atoms with Crippen LogP contribution in [0.2, 0.25) is 0 Å². The van der Waals surface area contributed by atoms with Crippen molar-refractivity contribution < 1.29 is 9.59 Å². The molecule has 1 atom stereocenters. The van der Waals surface area contributed by atoms with Gasteiger partial charge in [0.2, 0.25) is 11.8 Å². The minimum atomic E-state index is 0.0428. The quantitative estimate of drug-likeness (QED) is 0.887. The average molecular weight is 350 g/mol. The zero-order valence-electron chi connectivity index (χ0n) is 14.4. The van der Waals surface area contributed by atoms with E-state index in [1.165, 1.54) is 4.88 Å². The predicted molar refractivity (Wildman–Crippen MR) is 95.9 cm³/mol. The van der Waals surface area contributed by atoms with Gasteiger partial charge in [0, 0.05) is 24.9 Å². The maximum Gasteiger partial charge on any atom is 0.237 e. The summed E-state index contributed by atoms with van der Waals surface area (Å²) < 4.78 is 0. The third-order valence-electron chi connectivity index (χ3n) is 5.15. The van der Waals surface area contributed by atoms with Crippen molar-refractivity contribution >= 4 is 23.2 Å². The van der Waals surface area contributed by atoms with E-state index in [0.29, 0.717) is 12.5 Å². The lowest BCUT2D eigenvalue weighted by molar-refractivity contribution is -0.133. The second kappa shape index (κ2) is 8.12. The van der Waals surface area contributed by atoms with Crippen molar-refractivity contribution in [3.8, 4) is 0 Å². The van der Waals surface area contributed by atoms with Crippen LogP contribution in [0.1, 0.15) is 43.5 Å². The number of nitrogens with one attached hydrogen (secondary N) is 1. The number of thiophene rings is 1. The molecule has 2 amide bonds. The average Bonchev–Trinajstić information content (AvgIpc) is 3.24. The second-order valence-corrected chi connectivity index (χ2v) is 7.90. The van der Waals surface area contributed by atoms with E-state index >= 15 is 0 Å². The number of piperidine rings is 1. The molecule has 1 aromatic rings. The van der Waals surface area contributed by atoms with E-state index in [1.807, 2.05) is 0 Å². The molecular weight excluding hydrogens is 322 g/mol. The van der Waals surface area contributed by atoms with Gasteiger partial charge in [0.25, 0.3) is 0 Å². The van der Waals surface area contributed by atoms with E-state index in [1.54, 1.807) is 18.3 Å². The van der Waals surface area contributed by atoms with Crippen LogP contribution < -0.4 is 5.32 Å². The van der Waals surface area contributed by atoms with E-state index in [2.05, 4.69) is 32.6 Å². The first kappa shape index (κ1) is 17.4. The summed E-state index contributed by atoms with van der Waals surface area (Å²) in [5.41, 5.74) is 0. The van der Waals surface area contributed by atoms with E-state index in [4.69, 9.17) is 0 Å². The van der Waals surface area contributed by atoms with Crippen molar-refractivity contribution in [1.29, 1.82) is 0 Å². The van der Waals surface area contributed by atoms with Crippen LogP contribution in [-0.4, -0.2) is 54.3 Å². The number of hydrogen-bond donors (Lipinski definition) is 1. The van der Waals surface area contributed by atoms with E-state index < -0.39 is 0 Å². The molecule has 1 aromatic heterocycles. The van der Waals surface area contributed by atoms with Crippen LogP contribution >= 0.6 is 11.3 Å². The first-order chi connectivity index (χ1) is 11.6. The van der Waals surface area contributed by atoms with Crippen LogP contribution in [0.4, 0.5) is 0 Å². The first-order valence-electron chi connectivity index (χ1n) is 8.93. The Morgan fingerprint density at radius 2 is 2.04 bits per heavy atom. The summed E-state index contributed by atoms with van der Waals surface area (Å²) in [6.45, 7) is 5.66. The summed E-state index contributed by atoms with van der Waals surface area (Å²) in [4.78, 5) is 29.4. The summed E-state index contributed by atoms with van der Waals surface area (Å²) >= 11 is 1.75. The maximum atomic E-state index is 12.7. The smallest absolute Gasteiger partial charge is 0.237 e. The van der Waals surface area contributed by atoms with Crippen LogP contribution in [0.25, 0.3) is 0 Å². The van der Waals surface area contributed by atoms with Crippen molar-refractivity contribution in [3.63, 3.8) is 0 Å². The fourth-order valence-corrected chi connectivity index (χ4v) is 4.63. The monoisotopic (exact) mass is 349 g/mol. The van der Waals surface area contributed by atoms with Gasteiger partial charge in [-0.05, 0) is 56.1 Å². The van der Waals surface area contributed by atoms with Gasteiger partial charge in [-0.15, -0.1) is 11.3 Å². The molecule has 2 aliphatic rings. The van der Waals surface area contributed by atoms with Gasteiger partial charge in [-0.25, -0.2) is 0 Å². The van der Waals surface area contributed by atoms with Crippen LogP contribution in [0.3, 0.4) is 0 Å². The summed E-state index contributed by atoms with van der Waals surface area (Å²) in [6, 6.07) is 4.50. The molecular formula is C18H27N3O2S. The van der Waals surface area contributed by atoms with E-state index in [9.17, 15) is 9.59 Å². The summed E-state index contributed by atoms with van der Waals surface area (Å²) in [5.74, 6) is 0.860. The lowest BCUT2D eigenvalue weighted by Gasteiger charge is -2.33. The number of carbonyl (C=O) groups excluding carboxylic acids is 2. The molecule has 0 radical (unpaired) electrons. The molecule has 0 aromatic carbocycles. The third kappa shape index (κ3) is 4.36. The van der Waals surface area contributed by atoms with Crippen molar-refractivity contribution in [1.82, 2.24) is 15.1 Å². The Bertz CT molecular complexity index is 553. The van der Waals surface area contributed by atoms with E-state index in [-0.39, 0.29) is 17.9 Å². The zero-order valence-corrected chi connectivity index (χ0v) is 15.2. The number of likely N-dealkylation sites (tertiary alicyclic amines) is 2. The Balaban J connectivity index is 1.46. The molecule has 1 unspecified atom stereocenters. The molecule has 3 rings (SSSR count). The Hall–Kier alpha value is -1.40. The molecule has 0 spiro atoms. The Kier molecular flexibility index (Phi) is 5.89. The molecule has 0 aliphatic carbocycles.